The molecule has 0 saturated carbocycles. The number of halogens is 1. The molecule has 0 radical (unpaired) electrons. The Bertz CT molecular complexity index is 1110. The first kappa shape index (κ1) is 21.8. The topological polar surface area (TPSA) is 92.7 Å². The number of nitrogens with one attached hydrogen (secondary N) is 2. The Balaban J connectivity index is 1.21. The van der Waals surface area contributed by atoms with E-state index in [1.165, 1.54) is 51.4 Å². The highest BCUT2D eigenvalue weighted by Crippen LogP contribution is 2.29. The predicted molar refractivity (Wildman–Crippen MR) is 123 cm³/mol. The van der Waals surface area contributed by atoms with Gasteiger partial charge in [-0.15, -0.1) is 31.7 Å². The fourth-order valence-corrected chi connectivity index (χ4v) is 5.70. The summed E-state index contributed by atoms with van der Waals surface area (Å²) in [5, 5.41) is 26.3. The lowest BCUT2D eigenvalue weighted by atomic mass is 10.2. The quantitative estimate of drug-likeness (QED) is 0.316. The highest BCUT2D eigenvalue weighted by Gasteiger charge is 2.14. The fourth-order valence-electron chi connectivity index (χ4n) is 2.47. The molecule has 1 amide bonds. The average Bonchev–Trinajstić information content (AvgIpc) is 3.54. The summed E-state index contributed by atoms with van der Waals surface area (Å²) in [5.41, 5.74) is 0.811. The van der Waals surface area contributed by atoms with Crippen LogP contribution >= 0.6 is 45.8 Å². The molecule has 160 valence electrons. The summed E-state index contributed by atoms with van der Waals surface area (Å²) in [6, 6.07) is 10.1. The van der Waals surface area contributed by atoms with E-state index in [1.54, 1.807) is 23.5 Å². The van der Waals surface area contributed by atoms with E-state index in [0.29, 0.717) is 17.3 Å². The zero-order valence-corrected chi connectivity index (χ0v) is 19.3. The van der Waals surface area contributed by atoms with Crippen LogP contribution in [-0.2, 0) is 18.7 Å². The summed E-state index contributed by atoms with van der Waals surface area (Å²) >= 11 is 5.99. The van der Waals surface area contributed by atoms with Crippen molar-refractivity contribution in [2.75, 3.05) is 11.9 Å². The molecule has 12 heteroatoms. The molecule has 0 aliphatic heterocycles. The molecule has 0 atom stereocenters. The second kappa shape index (κ2) is 10.8. The van der Waals surface area contributed by atoms with Crippen molar-refractivity contribution in [3.63, 3.8) is 0 Å². The van der Waals surface area contributed by atoms with Crippen molar-refractivity contribution in [1.29, 1.82) is 0 Å². The van der Waals surface area contributed by atoms with Gasteiger partial charge < -0.3 is 10.6 Å². The van der Waals surface area contributed by atoms with Gasteiger partial charge in [-0.05, 0) is 35.6 Å². The number of anilines is 1. The molecular formula is C19H17FN6OS4. The van der Waals surface area contributed by atoms with Crippen LogP contribution in [0.1, 0.15) is 25.3 Å². The molecule has 0 bridgehead atoms. The van der Waals surface area contributed by atoms with E-state index in [9.17, 15) is 9.18 Å². The third-order valence-corrected chi connectivity index (χ3v) is 8.05. The largest absolute Gasteiger partial charge is 0.360 e. The van der Waals surface area contributed by atoms with Gasteiger partial charge in [0.25, 0.3) is 5.91 Å². The Morgan fingerprint density at radius 1 is 1.06 bits per heavy atom. The van der Waals surface area contributed by atoms with E-state index in [0.717, 1.165) is 33.0 Å². The second-order valence-corrected chi connectivity index (χ2v) is 10.5. The van der Waals surface area contributed by atoms with Crippen LogP contribution in [0.4, 0.5) is 9.52 Å². The number of benzene rings is 1. The van der Waals surface area contributed by atoms with E-state index in [1.807, 2.05) is 6.07 Å². The Morgan fingerprint density at radius 3 is 2.74 bits per heavy atom. The molecule has 3 heterocycles. The van der Waals surface area contributed by atoms with Crippen LogP contribution in [0.3, 0.4) is 0 Å². The van der Waals surface area contributed by atoms with E-state index in [2.05, 4.69) is 42.5 Å². The van der Waals surface area contributed by atoms with Gasteiger partial charge in [0, 0.05) is 18.0 Å². The molecule has 3 aromatic heterocycles. The Labute approximate surface area is 194 Å². The van der Waals surface area contributed by atoms with Crippen molar-refractivity contribution in [3.8, 4) is 0 Å². The monoisotopic (exact) mass is 492 g/mol. The number of thioether (sulfide) groups is 1. The van der Waals surface area contributed by atoms with Crippen LogP contribution in [-0.4, -0.2) is 32.8 Å². The molecule has 7 nitrogen and oxygen atoms in total. The number of carbonyl (C=O) groups is 1. The van der Waals surface area contributed by atoms with Crippen LogP contribution in [0.25, 0.3) is 0 Å². The minimum atomic E-state index is -0.307. The molecule has 4 rings (SSSR count). The molecule has 2 N–H and O–H groups in total. The van der Waals surface area contributed by atoms with Gasteiger partial charge in [0.2, 0.25) is 10.1 Å². The first-order valence-corrected chi connectivity index (χ1v) is 12.7. The Kier molecular flexibility index (Phi) is 7.57. The number of amides is 1. The zero-order valence-electron chi connectivity index (χ0n) is 16.1. The van der Waals surface area contributed by atoms with E-state index < -0.39 is 0 Å². The van der Waals surface area contributed by atoms with Crippen LogP contribution < -0.4 is 10.6 Å². The molecule has 1 aromatic carbocycles. The maximum atomic E-state index is 12.9. The van der Waals surface area contributed by atoms with Gasteiger partial charge in [0.15, 0.2) is 4.34 Å². The Hall–Kier alpha value is -2.41. The third kappa shape index (κ3) is 6.53. The first-order chi connectivity index (χ1) is 15.2. The standard InChI is InChI=1S/C19H17FN6OS4/c20-13-5-3-12(4-6-13)10-22-16(27)17-24-23-15(30-17)11-29-19-26-25-18(31-19)21-8-7-14-2-1-9-28-14/h1-6,9H,7-8,10-11H2,(H,21,25)(H,22,27). The van der Waals surface area contributed by atoms with E-state index in [4.69, 9.17) is 0 Å². The summed E-state index contributed by atoms with van der Waals surface area (Å²) in [7, 11) is 0. The van der Waals surface area contributed by atoms with Gasteiger partial charge in [-0.1, -0.05) is 52.6 Å². The van der Waals surface area contributed by atoms with Crippen molar-refractivity contribution < 1.29 is 9.18 Å². The van der Waals surface area contributed by atoms with Crippen molar-refractivity contribution in [1.82, 2.24) is 25.7 Å². The van der Waals surface area contributed by atoms with Crippen molar-refractivity contribution >= 4 is 56.8 Å². The molecule has 4 aromatic rings. The number of thiophene rings is 1. The summed E-state index contributed by atoms with van der Waals surface area (Å²) in [5.74, 6) is -0.0449. The minimum Gasteiger partial charge on any atom is -0.360 e. The van der Waals surface area contributed by atoms with Crippen LogP contribution in [0.15, 0.2) is 46.1 Å². The normalized spacial score (nSPS) is 10.9. The molecule has 0 saturated heterocycles. The smallest absolute Gasteiger partial charge is 0.282 e. The Morgan fingerprint density at radius 2 is 1.94 bits per heavy atom. The average molecular weight is 493 g/mol. The molecule has 0 spiro atoms. The second-order valence-electron chi connectivity index (χ2n) is 6.23. The SMILES string of the molecule is O=C(NCc1ccc(F)cc1)c1nnc(CSc2nnc(NCCc3cccs3)s2)s1. The predicted octanol–water partition coefficient (Wildman–Crippen LogP) is 4.47. The lowest BCUT2D eigenvalue weighted by Crippen LogP contribution is -2.22. The zero-order chi connectivity index (χ0) is 21.5. The third-order valence-electron chi connectivity index (χ3n) is 3.98. The molecule has 31 heavy (non-hydrogen) atoms. The van der Waals surface area contributed by atoms with Gasteiger partial charge >= 0.3 is 0 Å². The molecule has 0 aliphatic carbocycles. The summed E-state index contributed by atoms with van der Waals surface area (Å²) in [4.78, 5) is 13.6. The number of nitrogens with zero attached hydrogens (tertiary/aromatic N) is 4. The van der Waals surface area contributed by atoms with E-state index >= 15 is 0 Å². The van der Waals surface area contributed by atoms with Crippen molar-refractivity contribution in [2.24, 2.45) is 0 Å². The number of rotatable bonds is 10. The maximum absolute atomic E-state index is 12.9. The molecule has 0 aliphatic rings. The van der Waals surface area contributed by atoms with E-state index in [-0.39, 0.29) is 11.7 Å². The summed E-state index contributed by atoms with van der Waals surface area (Å²) in [6.45, 7) is 1.11. The summed E-state index contributed by atoms with van der Waals surface area (Å²) in [6.07, 6.45) is 0.955. The van der Waals surface area contributed by atoms with Gasteiger partial charge in [0.05, 0.1) is 5.75 Å². The van der Waals surface area contributed by atoms with Gasteiger partial charge in [-0.3, -0.25) is 4.79 Å². The number of carbonyl (C=O) groups excluding carboxylic acids is 1. The number of hydrogen-bond acceptors (Lipinski definition) is 10. The number of aromatic nitrogens is 4. The molecule has 0 unspecified atom stereocenters. The summed E-state index contributed by atoms with van der Waals surface area (Å²) < 4.78 is 13.8. The lowest BCUT2D eigenvalue weighted by Gasteiger charge is -2.02. The van der Waals surface area contributed by atoms with Gasteiger partial charge in [-0.25, -0.2) is 4.39 Å². The fraction of sp³-hybridized carbons (Fsp3) is 0.211. The first-order valence-electron chi connectivity index (χ1n) is 9.23. The molecule has 0 fully saturated rings. The van der Waals surface area contributed by atoms with Crippen molar-refractivity contribution in [3.05, 3.63) is 68.1 Å². The highest BCUT2D eigenvalue weighted by molar-refractivity contribution is 8.00. The maximum Gasteiger partial charge on any atom is 0.282 e. The molecular weight excluding hydrogens is 476 g/mol. The van der Waals surface area contributed by atoms with Gasteiger partial charge in [-0.2, -0.15) is 0 Å². The number of hydrogen-bond donors (Lipinski definition) is 2. The van der Waals surface area contributed by atoms with Crippen LogP contribution in [0.2, 0.25) is 0 Å². The van der Waals surface area contributed by atoms with Crippen molar-refractivity contribution in [2.45, 2.75) is 23.1 Å². The minimum absolute atomic E-state index is 0.297. The highest BCUT2D eigenvalue weighted by atomic mass is 32.2. The van der Waals surface area contributed by atoms with Crippen LogP contribution in [0.5, 0.6) is 0 Å². The van der Waals surface area contributed by atoms with Gasteiger partial charge in [0.1, 0.15) is 10.8 Å². The lowest BCUT2D eigenvalue weighted by molar-refractivity contribution is 0.0950. The van der Waals surface area contributed by atoms with Crippen LogP contribution in [0, 0.1) is 5.82 Å².